The topological polar surface area (TPSA) is 90.3 Å². The van der Waals surface area contributed by atoms with Crippen molar-refractivity contribution in [1.82, 2.24) is 9.80 Å². The average molecular weight is 439 g/mol. The summed E-state index contributed by atoms with van der Waals surface area (Å²) in [6.07, 6.45) is 0.700. The largest absolute Gasteiger partial charge is 0.507 e. The molecule has 1 aliphatic rings. The number of aliphatic hydroxyl groups is 1. The van der Waals surface area contributed by atoms with Crippen molar-refractivity contribution >= 4 is 17.4 Å². The lowest BCUT2D eigenvalue weighted by atomic mass is 9.95. The zero-order chi connectivity index (χ0) is 23.3. The lowest BCUT2D eigenvalue weighted by Gasteiger charge is -2.26. The van der Waals surface area contributed by atoms with Gasteiger partial charge in [-0.1, -0.05) is 44.2 Å². The second-order valence-electron chi connectivity index (χ2n) is 7.67. The number of ketones is 1. The molecular weight excluding hydrogens is 408 g/mol. The number of carbonyl (C=O) groups excluding carboxylic acids is 2. The van der Waals surface area contributed by atoms with Gasteiger partial charge in [0.05, 0.1) is 24.3 Å². The molecule has 2 aromatic rings. The molecule has 0 aromatic heterocycles. The smallest absolute Gasteiger partial charge is 0.295 e. The first kappa shape index (κ1) is 23.3. The fourth-order valence-corrected chi connectivity index (χ4v) is 4.08. The van der Waals surface area contributed by atoms with Crippen molar-refractivity contribution in [3.63, 3.8) is 0 Å². The van der Waals surface area contributed by atoms with Crippen LogP contribution in [0.25, 0.3) is 5.76 Å². The molecule has 1 saturated heterocycles. The lowest BCUT2D eigenvalue weighted by molar-refractivity contribution is -0.140. The maximum atomic E-state index is 13.0. The Morgan fingerprint density at radius 3 is 2.38 bits per heavy atom. The molecule has 170 valence electrons. The number of hydrogen-bond acceptors (Lipinski definition) is 6. The third-order valence-corrected chi connectivity index (χ3v) is 5.88. The van der Waals surface area contributed by atoms with Crippen LogP contribution in [0.5, 0.6) is 11.5 Å². The van der Waals surface area contributed by atoms with Gasteiger partial charge in [-0.25, -0.2) is 0 Å². The van der Waals surface area contributed by atoms with Crippen LogP contribution in [0.2, 0.25) is 0 Å². The number of phenols is 1. The lowest BCUT2D eigenvalue weighted by Crippen LogP contribution is -2.33. The summed E-state index contributed by atoms with van der Waals surface area (Å²) in [7, 11) is 1.47. The van der Waals surface area contributed by atoms with Gasteiger partial charge in [0.2, 0.25) is 0 Å². The average Bonchev–Trinajstić information content (AvgIpc) is 3.06. The first-order chi connectivity index (χ1) is 15.4. The Hall–Kier alpha value is -3.32. The van der Waals surface area contributed by atoms with Gasteiger partial charge >= 0.3 is 0 Å². The Kier molecular flexibility index (Phi) is 7.53. The van der Waals surface area contributed by atoms with Gasteiger partial charge in [-0.3, -0.25) is 9.59 Å². The summed E-state index contributed by atoms with van der Waals surface area (Å²) < 4.78 is 5.09. The number of benzene rings is 2. The van der Waals surface area contributed by atoms with Gasteiger partial charge in [0.1, 0.15) is 17.3 Å². The number of methoxy groups -OCH3 is 1. The highest BCUT2D eigenvalue weighted by atomic mass is 16.5. The normalized spacial score (nSPS) is 17.9. The van der Waals surface area contributed by atoms with E-state index < -0.39 is 23.5 Å². The van der Waals surface area contributed by atoms with E-state index in [-0.39, 0.29) is 16.9 Å². The summed E-state index contributed by atoms with van der Waals surface area (Å²) in [5, 5.41) is 21.5. The Morgan fingerprint density at radius 2 is 1.78 bits per heavy atom. The molecule has 32 heavy (non-hydrogen) atoms. The van der Waals surface area contributed by atoms with Gasteiger partial charge < -0.3 is 24.7 Å². The summed E-state index contributed by atoms with van der Waals surface area (Å²) in [4.78, 5) is 29.8. The number of aliphatic hydroxyl groups excluding tert-OH is 1. The molecule has 1 heterocycles. The molecular formula is C25H30N2O5. The molecule has 0 saturated carbocycles. The molecule has 0 spiro atoms. The van der Waals surface area contributed by atoms with Crippen molar-refractivity contribution < 1.29 is 24.5 Å². The van der Waals surface area contributed by atoms with Crippen molar-refractivity contribution in [3.05, 3.63) is 65.2 Å². The molecule has 1 unspecified atom stereocenters. The fraction of sp³-hybridized carbons (Fsp3) is 0.360. The Labute approximate surface area is 188 Å². The molecule has 1 amide bonds. The highest BCUT2D eigenvalue weighted by Crippen LogP contribution is 2.41. The van der Waals surface area contributed by atoms with Crippen molar-refractivity contribution in [2.45, 2.75) is 26.3 Å². The molecule has 1 fully saturated rings. The molecule has 1 aliphatic heterocycles. The van der Waals surface area contributed by atoms with Crippen molar-refractivity contribution in [2.24, 2.45) is 0 Å². The van der Waals surface area contributed by atoms with Crippen LogP contribution in [-0.2, 0) is 9.59 Å². The van der Waals surface area contributed by atoms with E-state index in [0.29, 0.717) is 18.7 Å². The van der Waals surface area contributed by atoms with Gasteiger partial charge in [0.25, 0.3) is 11.7 Å². The van der Waals surface area contributed by atoms with Gasteiger partial charge in [0.15, 0.2) is 0 Å². The maximum Gasteiger partial charge on any atom is 0.295 e. The maximum absolute atomic E-state index is 13.0. The zero-order valence-corrected chi connectivity index (χ0v) is 18.7. The summed E-state index contributed by atoms with van der Waals surface area (Å²) >= 11 is 0. The van der Waals surface area contributed by atoms with Crippen molar-refractivity contribution in [1.29, 1.82) is 0 Å². The van der Waals surface area contributed by atoms with E-state index in [1.165, 1.54) is 24.1 Å². The van der Waals surface area contributed by atoms with Crippen LogP contribution in [0.1, 0.15) is 37.4 Å². The van der Waals surface area contributed by atoms with E-state index in [0.717, 1.165) is 25.2 Å². The molecule has 2 N–H and O–H groups in total. The van der Waals surface area contributed by atoms with Crippen LogP contribution in [0.3, 0.4) is 0 Å². The minimum absolute atomic E-state index is 0.0236. The van der Waals surface area contributed by atoms with Gasteiger partial charge in [0, 0.05) is 12.6 Å². The first-order valence-corrected chi connectivity index (χ1v) is 10.9. The first-order valence-electron chi connectivity index (χ1n) is 10.9. The van der Waals surface area contributed by atoms with E-state index in [9.17, 15) is 19.8 Å². The van der Waals surface area contributed by atoms with Gasteiger partial charge in [-0.2, -0.15) is 0 Å². The Balaban J connectivity index is 2.03. The van der Waals surface area contributed by atoms with E-state index in [1.807, 2.05) is 30.3 Å². The molecule has 1 atom stereocenters. The minimum atomic E-state index is -0.755. The molecule has 7 heteroatoms. The predicted octanol–water partition coefficient (Wildman–Crippen LogP) is 3.55. The van der Waals surface area contributed by atoms with Gasteiger partial charge in [-0.15, -0.1) is 0 Å². The van der Waals surface area contributed by atoms with Crippen LogP contribution in [0, 0.1) is 0 Å². The van der Waals surface area contributed by atoms with Crippen LogP contribution >= 0.6 is 0 Å². The van der Waals surface area contributed by atoms with Crippen LogP contribution in [-0.4, -0.2) is 65.0 Å². The molecule has 7 nitrogen and oxygen atoms in total. The van der Waals surface area contributed by atoms with Crippen molar-refractivity contribution in [2.75, 3.05) is 33.3 Å². The Morgan fingerprint density at radius 1 is 1.09 bits per heavy atom. The molecule has 3 rings (SSSR count). The van der Waals surface area contributed by atoms with Crippen LogP contribution in [0.15, 0.2) is 54.1 Å². The van der Waals surface area contributed by atoms with E-state index >= 15 is 0 Å². The number of aromatic hydroxyl groups is 1. The number of likely N-dealkylation sites (tertiary alicyclic amines) is 1. The number of nitrogens with zero attached hydrogens (tertiary/aromatic N) is 2. The SMILES string of the molecule is CCN(CC)CCCN1C(=O)C(=O)/C(=C(/O)c2ccc(OC)cc2O)C1c1ccccc1. The van der Waals surface area contributed by atoms with E-state index in [1.54, 1.807) is 6.07 Å². The number of phenolic OH excluding ortho intramolecular Hbond substituents is 1. The van der Waals surface area contributed by atoms with Crippen molar-refractivity contribution in [3.8, 4) is 11.5 Å². The Bertz CT molecular complexity index is 999. The number of ether oxygens (including phenoxy) is 1. The molecule has 0 aliphatic carbocycles. The number of Topliss-reactive ketones (excluding diaryl/α,β-unsaturated/α-hetero) is 1. The number of carbonyl (C=O) groups is 2. The summed E-state index contributed by atoms with van der Waals surface area (Å²) in [6.45, 7) is 7.17. The minimum Gasteiger partial charge on any atom is -0.507 e. The third kappa shape index (κ3) is 4.62. The third-order valence-electron chi connectivity index (χ3n) is 5.88. The predicted molar refractivity (Wildman–Crippen MR) is 123 cm³/mol. The molecule has 0 bridgehead atoms. The number of amides is 1. The van der Waals surface area contributed by atoms with E-state index in [2.05, 4.69) is 18.7 Å². The number of rotatable bonds is 9. The highest BCUT2D eigenvalue weighted by molar-refractivity contribution is 6.46. The van der Waals surface area contributed by atoms with Crippen LogP contribution < -0.4 is 4.74 Å². The monoisotopic (exact) mass is 438 g/mol. The molecule has 0 radical (unpaired) electrons. The van der Waals surface area contributed by atoms with E-state index in [4.69, 9.17) is 4.74 Å². The molecule has 2 aromatic carbocycles. The standard InChI is InChI=1S/C25H30N2O5/c1-4-26(5-2)14-9-15-27-22(17-10-7-6-8-11-17)21(24(30)25(27)31)23(29)19-13-12-18(32-3)16-20(19)28/h6-8,10-13,16,22,28-29H,4-5,9,14-15H2,1-3H3/b23-21+. The van der Waals surface area contributed by atoms with Gasteiger partial charge in [-0.05, 0) is 43.8 Å². The highest BCUT2D eigenvalue weighted by Gasteiger charge is 2.46. The quantitative estimate of drug-likeness (QED) is 0.354. The second-order valence-corrected chi connectivity index (χ2v) is 7.67. The fourth-order valence-electron chi connectivity index (χ4n) is 4.08. The number of hydrogen-bond donors (Lipinski definition) is 2. The summed E-state index contributed by atoms with van der Waals surface area (Å²) in [5.41, 5.74) is 0.779. The second kappa shape index (κ2) is 10.3. The zero-order valence-electron chi connectivity index (χ0n) is 18.7. The van der Waals surface area contributed by atoms with Crippen LogP contribution in [0.4, 0.5) is 0 Å². The summed E-state index contributed by atoms with van der Waals surface area (Å²) in [6, 6.07) is 12.8. The summed E-state index contributed by atoms with van der Waals surface area (Å²) in [5.74, 6) is -1.62.